The topological polar surface area (TPSA) is 477 Å². The summed E-state index contributed by atoms with van der Waals surface area (Å²) in [5.74, 6) is -8.85. The molecule has 28 nitrogen and oxygen atoms in total. The third kappa shape index (κ3) is 14.6. The second kappa shape index (κ2) is 28.5. The molecule has 1 unspecified atom stereocenters. The molecule has 0 spiro atoms. The number of aliphatic hydroxyl groups is 2. The molecular weight excluding hydrogens is 1270 g/mol. The number of hydrogen-bond donors (Lipinski definition) is 9. The predicted molar refractivity (Wildman–Crippen MR) is 333 cm³/mol. The van der Waals surface area contributed by atoms with Crippen molar-refractivity contribution in [1.82, 2.24) is 14.9 Å². The van der Waals surface area contributed by atoms with Gasteiger partial charge in [-0.3, -0.25) is 53.1 Å². The Bertz CT molecular complexity index is 3600. The largest absolute Gasteiger partial charge is 2.00 e. The van der Waals surface area contributed by atoms with E-state index in [0.717, 1.165) is 11.1 Å². The zero-order valence-electron chi connectivity index (χ0n) is 54.2. The van der Waals surface area contributed by atoms with Crippen molar-refractivity contribution in [1.29, 1.82) is 5.26 Å². The van der Waals surface area contributed by atoms with Crippen molar-refractivity contribution in [2.24, 2.45) is 83.2 Å². The maximum absolute atomic E-state index is 14.3. The van der Waals surface area contributed by atoms with E-state index >= 15 is 0 Å². The first-order valence-electron chi connectivity index (χ1n) is 30.6. The molecule has 8 bridgehead atoms. The van der Waals surface area contributed by atoms with Gasteiger partial charge in [-0.25, -0.2) is 4.98 Å². The molecule has 1 radical (unpaired) electrons. The molecule has 30 heteroatoms. The molecule has 0 saturated carbocycles. The smallest absolute Gasteiger partial charge is 0.756 e. The molecule has 93 heavy (non-hydrogen) atoms. The van der Waals surface area contributed by atoms with Crippen LogP contribution >= 0.6 is 7.82 Å². The SMILES string of the molecule is C/C1=C2/[N-][C@H]([C@H](CC(N)=O)[C@@]2(C)CCC(=O)NC[C@H](C)OP(=O)([O-])O[C@H]2[C@@H](O)[C@@H](n3cnc4cc(C)c(C)cc43)O[C@@H]2CO)[C@]2(C)N=C(/C(C)=C3N=C(/C=C4N=C1[C@@H](CCC(N)=O)C\4(C)C)[C@@H](CCC(=O)O)[C@]\3(C)CC(N)=O)[C@@H](CCC(=O)O)[C@]2(C)CC(N)=O.[C-]#N.[Co+2]. The van der Waals surface area contributed by atoms with Gasteiger partial charge in [0.2, 0.25) is 29.5 Å². The van der Waals surface area contributed by atoms with Gasteiger partial charge in [-0.1, -0.05) is 40.7 Å². The van der Waals surface area contributed by atoms with Gasteiger partial charge in [-0.15, -0.1) is 0 Å². The fourth-order valence-electron chi connectivity index (χ4n) is 15.3. The van der Waals surface area contributed by atoms with Gasteiger partial charge < -0.3 is 89.1 Å². The van der Waals surface area contributed by atoms with Crippen LogP contribution in [0.3, 0.4) is 0 Å². The normalized spacial score (nSPS) is 33.1. The van der Waals surface area contributed by atoms with Gasteiger partial charge in [0.25, 0.3) is 7.82 Å². The Morgan fingerprint density at radius 2 is 1.43 bits per heavy atom. The fourth-order valence-corrected chi connectivity index (χ4v) is 16.4. The van der Waals surface area contributed by atoms with Crippen LogP contribution in [-0.2, 0) is 68.7 Å². The maximum Gasteiger partial charge on any atom is 2.00 e. The number of aliphatic hydroxyl groups excluding tert-OH is 2. The number of hydrogen-bond acceptors (Lipinski definition) is 19. The number of primary amides is 4. The summed E-state index contributed by atoms with van der Waals surface area (Å²) in [6.45, 7) is 23.3. The van der Waals surface area contributed by atoms with Crippen LogP contribution in [0, 0.1) is 71.0 Å². The number of benzene rings is 1. The minimum Gasteiger partial charge on any atom is -0.756 e. The number of nitrogens with one attached hydrogen (secondary N) is 1. The molecule has 6 aliphatic heterocycles. The Balaban J connectivity index is 0.00000453. The first kappa shape index (κ1) is 75.0. The van der Waals surface area contributed by atoms with Crippen LogP contribution in [0.1, 0.15) is 150 Å². The number of phosphoric ester groups is 1. The summed E-state index contributed by atoms with van der Waals surface area (Å²) in [7, 11) is -5.33. The van der Waals surface area contributed by atoms with Gasteiger partial charge >= 0.3 is 28.7 Å². The number of ether oxygens (including phenoxy) is 1. The standard InChI is InChI=1S/C62H88N11O16P.CN.Co/c1-29-20-39-40(21-30(29)2)73(28-68-39)57-52(84)53(41(27-74)87-57)89-90(85,86)88-31(3)26-67-47(79)18-19-59(8)37(22-44(64)76)56-62(11)61(10,25-46(66)78)36(14-17-49(82)83)51(72-62)33(5)55-60(9,24-45(65)77)34(13-16-48(80)81)38(69-55)23-42-58(6,7)35(12-15-43(63)75)50(70-42)32(4)54(59)71-56;1-2;/h20-21,23,28,31,34-37,41,52-53,56-57,74,84H,12-19,22,24-27H2,1-11H3,(H13,63,64,65,66,67,69,70,71,72,75,76,77,78,79,80,81,82,83,85,86);;/q;-1;+2/p-2/t31-,34+,35+,36+,37-,41+,52+,53+,56+,57-,59+,60-,61-,62-;;/m0../s1. The molecule has 1 aromatic heterocycles. The van der Waals surface area contributed by atoms with Crippen molar-refractivity contribution >= 4 is 77.5 Å². The predicted octanol–water partition coefficient (Wildman–Crippen LogP) is 4.61. The number of aromatic nitrogens is 2. The van der Waals surface area contributed by atoms with Crippen molar-refractivity contribution in [3.05, 3.63) is 75.8 Å². The molecule has 2 saturated heterocycles. The number of aryl methyl sites for hydroxylation is 2. The zero-order chi connectivity index (χ0) is 68.7. The molecule has 509 valence electrons. The number of aliphatic imine (C=N–C) groups is 3. The number of aliphatic carboxylic acids is 2. The minimum absolute atomic E-state index is 0. The molecule has 6 aliphatic rings. The van der Waals surface area contributed by atoms with E-state index in [2.05, 4.69) is 10.3 Å². The second-order valence-corrected chi connectivity index (χ2v) is 28.2. The maximum atomic E-state index is 14.3. The molecule has 2 fully saturated rings. The van der Waals surface area contributed by atoms with Gasteiger partial charge in [-0.2, -0.15) is 5.70 Å². The second-order valence-electron chi connectivity index (χ2n) is 26.8. The fraction of sp³-hybridized carbons (Fsp3) is 0.619. The van der Waals surface area contributed by atoms with E-state index in [0.29, 0.717) is 56.4 Å². The number of amides is 5. The Kier molecular flexibility index (Phi) is 23.0. The molecule has 15 atom stereocenters. The average Bonchev–Trinajstić information content (AvgIpc) is 1.53. The van der Waals surface area contributed by atoms with Crippen LogP contribution < -0.4 is 33.1 Å². The number of carbonyl (C=O) groups is 7. The van der Waals surface area contributed by atoms with Crippen molar-refractivity contribution < 1.29 is 94.0 Å². The van der Waals surface area contributed by atoms with E-state index in [1.165, 1.54) is 17.8 Å². The summed E-state index contributed by atoms with van der Waals surface area (Å²) in [6.07, 6.45) is -5.90. The molecule has 7 heterocycles. The van der Waals surface area contributed by atoms with Gasteiger partial charge in [0, 0.05) is 108 Å². The van der Waals surface area contributed by atoms with Crippen molar-refractivity contribution in [2.75, 3.05) is 13.2 Å². The molecule has 13 N–H and O–H groups in total. The summed E-state index contributed by atoms with van der Waals surface area (Å²) in [6, 6.07) is 2.60. The van der Waals surface area contributed by atoms with Crippen LogP contribution in [0.25, 0.3) is 16.4 Å². The van der Waals surface area contributed by atoms with E-state index in [-0.39, 0.29) is 87.5 Å². The molecule has 5 amide bonds. The molecule has 0 aliphatic carbocycles. The van der Waals surface area contributed by atoms with Gasteiger partial charge in [-0.05, 0) is 119 Å². The van der Waals surface area contributed by atoms with Gasteiger partial charge in [0.15, 0.2) is 6.23 Å². The quantitative estimate of drug-likeness (QED) is 0.0459. The Labute approximate surface area is 550 Å². The number of carboxylic acid groups (broad SMARTS) is 2. The van der Waals surface area contributed by atoms with Gasteiger partial charge in [0.1, 0.15) is 18.3 Å². The Morgan fingerprint density at radius 3 is 2.01 bits per heavy atom. The zero-order valence-corrected chi connectivity index (χ0v) is 56.1. The number of carbonyl (C=O) groups excluding carboxylic acids is 5. The van der Waals surface area contributed by atoms with E-state index in [4.69, 9.17) is 68.8 Å². The van der Waals surface area contributed by atoms with Crippen molar-refractivity contribution in [3.63, 3.8) is 0 Å². The number of fused-ring (bicyclic) bond motifs is 7. The third-order valence-electron chi connectivity index (χ3n) is 20.4. The van der Waals surface area contributed by atoms with Crippen molar-refractivity contribution in [3.8, 4) is 0 Å². The van der Waals surface area contributed by atoms with E-state index in [1.807, 2.05) is 46.8 Å². The van der Waals surface area contributed by atoms with Crippen molar-refractivity contribution in [2.45, 2.75) is 189 Å². The van der Waals surface area contributed by atoms with E-state index < -0.39 is 150 Å². The van der Waals surface area contributed by atoms with Gasteiger partial charge in [0.05, 0.1) is 41.3 Å². The molecule has 8 rings (SSSR count). The number of carboxylic acids is 2. The number of nitrogens with two attached hydrogens (primary N) is 4. The molecule has 2 aromatic rings. The van der Waals surface area contributed by atoms with Crippen LogP contribution in [0.4, 0.5) is 0 Å². The third-order valence-corrected chi connectivity index (χ3v) is 21.5. The van der Waals surface area contributed by atoms with Crippen LogP contribution in [-0.4, -0.2) is 138 Å². The van der Waals surface area contributed by atoms with E-state index in [1.54, 1.807) is 40.7 Å². The molecular formula is C63H86CoN12O16P-. The molecule has 1 aromatic carbocycles. The first-order valence-corrected chi connectivity index (χ1v) is 32.0. The number of imidazole rings is 1. The summed E-state index contributed by atoms with van der Waals surface area (Å²) in [5, 5.41) is 56.7. The van der Waals surface area contributed by atoms with Crippen LogP contribution in [0.15, 0.2) is 67.8 Å². The minimum atomic E-state index is -5.33. The average molecular weight is 1360 g/mol. The number of phosphoric acid groups is 1. The number of nitrogens with zero attached hydrogens (tertiary/aromatic N) is 7. The summed E-state index contributed by atoms with van der Waals surface area (Å²) < 4.78 is 31.8. The monoisotopic (exact) mass is 1360 g/mol. The van der Waals surface area contributed by atoms with Crippen LogP contribution in [0.5, 0.6) is 0 Å². The summed E-state index contributed by atoms with van der Waals surface area (Å²) >= 11 is 0. The number of allylic oxidation sites excluding steroid dienone is 6. The Hall–Kier alpha value is -7.00. The number of rotatable bonds is 26. The summed E-state index contributed by atoms with van der Waals surface area (Å²) in [4.78, 5) is 127. The van der Waals surface area contributed by atoms with Crippen LogP contribution in [0.2, 0.25) is 0 Å². The summed E-state index contributed by atoms with van der Waals surface area (Å²) in [5.41, 5.74) is 24.1. The first-order chi connectivity index (χ1) is 42.8. The van der Waals surface area contributed by atoms with E-state index in [9.17, 15) is 63.4 Å². The Morgan fingerprint density at radius 1 is 0.828 bits per heavy atom.